The molecule has 1 aromatic rings. The second-order valence-corrected chi connectivity index (χ2v) is 4.58. The molecule has 1 aliphatic rings. The van der Waals surface area contributed by atoms with Gasteiger partial charge in [-0.25, -0.2) is 0 Å². The predicted octanol–water partition coefficient (Wildman–Crippen LogP) is 0.452. The first-order valence-electron chi connectivity index (χ1n) is 6.96. The third kappa shape index (κ3) is 4.87. The summed E-state index contributed by atoms with van der Waals surface area (Å²) in [7, 11) is 0. The van der Waals surface area contributed by atoms with E-state index in [4.69, 9.17) is 14.6 Å². The number of ether oxygens (including phenoxy) is 2. The molecule has 112 valence electrons. The average molecular weight is 289 g/mol. The van der Waals surface area contributed by atoms with Crippen molar-refractivity contribution in [3.8, 4) is 11.8 Å². The van der Waals surface area contributed by atoms with E-state index in [1.807, 2.05) is 24.3 Å². The van der Waals surface area contributed by atoms with Crippen LogP contribution in [0.1, 0.15) is 17.5 Å². The Kier molecular flexibility index (Phi) is 6.22. The Morgan fingerprint density at radius 3 is 3.00 bits per heavy atom. The quantitative estimate of drug-likeness (QED) is 0.790. The molecule has 1 unspecified atom stereocenters. The molecule has 1 atom stereocenters. The highest BCUT2D eigenvalue weighted by molar-refractivity contribution is 5.81. The van der Waals surface area contributed by atoms with Gasteiger partial charge in [0.05, 0.1) is 26.4 Å². The Morgan fingerprint density at radius 2 is 2.24 bits per heavy atom. The highest BCUT2D eigenvalue weighted by atomic mass is 16.6. The topological polar surface area (TPSA) is 67.8 Å². The van der Waals surface area contributed by atoms with Crippen molar-refractivity contribution in [1.29, 1.82) is 0 Å². The molecule has 0 aliphatic carbocycles. The van der Waals surface area contributed by atoms with Gasteiger partial charge in [-0.05, 0) is 11.6 Å². The molecule has 5 nitrogen and oxygen atoms in total. The summed E-state index contributed by atoms with van der Waals surface area (Å²) in [5.74, 6) is 5.71. The fraction of sp³-hybridized carbons (Fsp3) is 0.438. The SMILES string of the molecule is O=C(NCc1ccccc1C#CCCO)C1COCCO1. The maximum Gasteiger partial charge on any atom is 0.251 e. The van der Waals surface area contributed by atoms with Gasteiger partial charge in [-0.3, -0.25) is 4.79 Å². The molecule has 0 aromatic heterocycles. The van der Waals surface area contributed by atoms with Gasteiger partial charge in [0, 0.05) is 18.5 Å². The summed E-state index contributed by atoms with van der Waals surface area (Å²) in [5.41, 5.74) is 1.79. The molecule has 1 aliphatic heterocycles. The van der Waals surface area contributed by atoms with Gasteiger partial charge < -0.3 is 19.9 Å². The van der Waals surface area contributed by atoms with Crippen molar-refractivity contribution in [3.63, 3.8) is 0 Å². The number of aliphatic hydroxyl groups is 1. The van der Waals surface area contributed by atoms with Crippen LogP contribution in [0.3, 0.4) is 0 Å². The van der Waals surface area contributed by atoms with Crippen LogP contribution < -0.4 is 5.32 Å². The minimum absolute atomic E-state index is 0.0465. The van der Waals surface area contributed by atoms with Crippen LogP contribution in [-0.2, 0) is 20.8 Å². The monoisotopic (exact) mass is 289 g/mol. The van der Waals surface area contributed by atoms with E-state index in [9.17, 15) is 4.79 Å². The predicted molar refractivity (Wildman–Crippen MR) is 77.4 cm³/mol. The van der Waals surface area contributed by atoms with Crippen LogP contribution in [0.15, 0.2) is 24.3 Å². The van der Waals surface area contributed by atoms with Crippen molar-refractivity contribution in [2.45, 2.75) is 19.1 Å². The molecule has 2 rings (SSSR count). The Balaban J connectivity index is 1.93. The molecule has 1 amide bonds. The molecule has 5 heteroatoms. The normalized spacial score (nSPS) is 17.7. The van der Waals surface area contributed by atoms with Crippen molar-refractivity contribution in [3.05, 3.63) is 35.4 Å². The molecule has 1 fully saturated rings. The zero-order chi connectivity index (χ0) is 14.9. The molecule has 2 N–H and O–H groups in total. The van der Waals surface area contributed by atoms with E-state index in [0.717, 1.165) is 11.1 Å². The highest BCUT2D eigenvalue weighted by Gasteiger charge is 2.22. The van der Waals surface area contributed by atoms with E-state index >= 15 is 0 Å². The highest BCUT2D eigenvalue weighted by Crippen LogP contribution is 2.08. The van der Waals surface area contributed by atoms with E-state index in [1.165, 1.54) is 0 Å². The summed E-state index contributed by atoms with van der Waals surface area (Å²) < 4.78 is 10.6. The van der Waals surface area contributed by atoms with Gasteiger partial charge in [-0.15, -0.1) is 0 Å². The van der Waals surface area contributed by atoms with E-state index in [0.29, 0.717) is 32.8 Å². The second kappa shape index (κ2) is 8.42. The van der Waals surface area contributed by atoms with Gasteiger partial charge in [-0.2, -0.15) is 0 Å². The molecule has 0 spiro atoms. The lowest BCUT2D eigenvalue weighted by Gasteiger charge is -2.22. The number of carbonyl (C=O) groups is 1. The minimum atomic E-state index is -0.536. The zero-order valence-electron chi connectivity index (χ0n) is 11.8. The number of nitrogens with one attached hydrogen (secondary N) is 1. The molecule has 0 radical (unpaired) electrons. The van der Waals surface area contributed by atoms with Crippen LogP contribution >= 0.6 is 0 Å². The fourth-order valence-corrected chi connectivity index (χ4v) is 1.95. The molecule has 1 aromatic carbocycles. The van der Waals surface area contributed by atoms with Crippen molar-refractivity contribution in [2.24, 2.45) is 0 Å². The number of benzene rings is 1. The molecule has 0 saturated carbocycles. The maximum atomic E-state index is 12.0. The van der Waals surface area contributed by atoms with Crippen LogP contribution in [0.5, 0.6) is 0 Å². The number of aliphatic hydroxyl groups excluding tert-OH is 1. The Labute approximate surface area is 124 Å². The Morgan fingerprint density at radius 1 is 1.38 bits per heavy atom. The minimum Gasteiger partial charge on any atom is -0.395 e. The van der Waals surface area contributed by atoms with Crippen molar-refractivity contribution in [2.75, 3.05) is 26.4 Å². The first kappa shape index (κ1) is 15.5. The fourth-order valence-electron chi connectivity index (χ4n) is 1.95. The van der Waals surface area contributed by atoms with Crippen molar-refractivity contribution >= 4 is 5.91 Å². The lowest BCUT2D eigenvalue weighted by molar-refractivity contribution is -0.147. The molecule has 0 bridgehead atoms. The summed E-state index contributed by atoms with van der Waals surface area (Å²) in [6, 6.07) is 7.61. The number of rotatable bonds is 4. The van der Waals surface area contributed by atoms with Gasteiger partial charge in [0.15, 0.2) is 6.10 Å². The van der Waals surface area contributed by atoms with Gasteiger partial charge in [-0.1, -0.05) is 30.0 Å². The van der Waals surface area contributed by atoms with Crippen LogP contribution in [0.2, 0.25) is 0 Å². The van der Waals surface area contributed by atoms with Crippen LogP contribution in [0, 0.1) is 11.8 Å². The lowest BCUT2D eigenvalue weighted by atomic mass is 10.1. The summed E-state index contributed by atoms with van der Waals surface area (Å²) in [4.78, 5) is 12.0. The van der Waals surface area contributed by atoms with Gasteiger partial charge >= 0.3 is 0 Å². The van der Waals surface area contributed by atoms with Crippen LogP contribution in [0.4, 0.5) is 0 Å². The lowest BCUT2D eigenvalue weighted by Crippen LogP contribution is -2.42. The van der Waals surface area contributed by atoms with E-state index in [-0.39, 0.29) is 12.5 Å². The van der Waals surface area contributed by atoms with Gasteiger partial charge in [0.1, 0.15) is 0 Å². The van der Waals surface area contributed by atoms with Crippen molar-refractivity contribution < 1.29 is 19.4 Å². The van der Waals surface area contributed by atoms with Gasteiger partial charge in [0.25, 0.3) is 5.91 Å². The standard InChI is InChI=1S/C16H19NO4/c18-8-4-3-6-13-5-1-2-7-14(13)11-17-16(19)15-12-20-9-10-21-15/h1-2,5,7,15,18H,4,8-12H2,(H,17,19). The maximum absolute atomic E-state index is 12.0. The number of amides is 1. The molecule has 21 heavy (non-hydrogen) atoms. The molecule has 1 saturated heterocycles. The molecular formula is C16H19NO4. The molecular weight excluding hydrogens is 270 g/mol. The van der Waals surface area contributed by atoms with Crippen LogP contribution in [0.25, 0.3) is 0 Å². The smallest absolute Gasteiger partial charge is 0.251 e. The van der Waals surface area contributed by atoms with E-state index < -0.39 is 6.10 Å². The summed E-state index contributed by atoms with van der Waals surface area (Å²) in [5, 5.41) is 11.6. The average Bonchev–Trinajstić information content (AvgIpc) is 2.54. The number of carbonyl (C=O) groups excluding carboxylic acids is 1. The first-order valence-corrected chi connectivity index (χ1v) is 6.96. The summed E-state index contributed by atoms with van der Waals surface area (Å²) in [6.45, 7) is 1.71. The number of hydrogen-bond donors (Lipinski definition) is 2. The number of hydrogen-bond acceptors (Lipinski definition) is 4. The first-order chi connectivity index (χ1) is 10.3. The van der Waals surface area contributed by atoms with E-state index in [2.05, 4.69) is 17.2 Å². The van der Waals surface area contributed by atoms with E-state index in [1.54, 1.807) is 0 Å². The molecule has 1 heterocycles. The Bertz CT molecular complexity index is 527. The summed E-state index contributed by atoms with van der Waals surface area (Å²) >= 11 is 0. The van der Waals surface area contributed by atoms with Gasteiger partial charge in [0.2, 0.25) is 0 Å². The van der Waals surface area contributed by atoms with Crippen LogP contribution in [-0.4, -0.2) is 43.5 Å². The zero-order valence-corrected chi connectivity index (χ0v) is 11.8. The Hall–Kier alpha value is -1.87. The third-order valence-corrected chi connectivity index (χ3v) is 3.04. The third-order valence-electron chi connectivity index (χ3n) is 3.04. The second-order valence-electron chi connectivity index (χ2n) is 4.58. The summed E-state index contributed by atoms with van der Waals surface area (Å²) in [6.07, 6.45) is -0.0973. The largest absolute Gasteiger partial charge is 0.395 e. The van der Waals surface area contributed by atoms with Crippen molar-refractivity contribution in [1.82, 2.24) is 5.32 Å².